The van der Waals surface area contributed by atoms with Gasteiger partial charge in [0.25, 0.3) is 0 Å². The lowest BCUT2D eigenvalue weighted by molar-refractivity contribution is -0.144. The number of ether oxygens (including phenoxy) is 2. The van der Waals surface area contributed by atoms with E-state index in [1.807, 2.05) is 30.3 Å². The minimum atomic E-state index is -1.25. The van der Waals surface area contributed by atoms with Gasteiger partial charge in [0.05, 0.1) is 6.61 Å². The molecule has 0 spiro atoms. The fourth-order valence-corrected chi connectivity index (χ4v) is 2.33. The number of esters is 1. The number of carbonyl (C=O) groups is 2. The summed E-state index contributed by atoms with van der Waals surface area (Å²) >= 11 is 0. The van der Waals surface area contributed by atoms with Crippen molar-refractivity contribution in [3.63, 3.8) is 0 Å². The van der Waals surface area contributed by atoms with Gasteiger partial charge >= 0.3 is 12.1 Å². The number of rotatable bonds is 8. The molecule has 0 heterocycles. The quantitative estimate of drug-likeness (QED) is 0.560. The lowest BCUT2D eigenvalue weighted by Gasteiger charge is -2.17. The monoisotopic (exact) mass is 338 g/mol. The van der Waals surface area contributed by atoms with E-state index in [0.29, 0.717) is 6.61 Å². The fraction of sp³-hybridized carbons (Fsp3) is 0.500. The average Bonchev–Trinajstić information content (AvgIpc) is 2.50. The van der Waals surface area contributed by atoms with Crippen LogP contribution in [0.15, 0.2) is 30.3 Å². The molecule has 0 aromatic heterocycles. The lowest BCUT2D eigenvalue weighted by Crippen LogP contribution is -2.43. The Morgan fingerprint density at radius 3 is 2.43 bits per heavy atom. The van der Waals surface area contributed by atoms with Gasteiger partial charge in [0, 0.05) is 14.6 Å². The highest BCUT2D eigenvalue weighted by Crippen LogP contribution is 2.07. The molecule has 0 radical (unpaired) electrons. The van der Waals surface area contributed by atoms with E-state index in [2.05, 4.69) is 25.0 Å². The van der Waals surface area contributed by atoms with Gasteiger partial charge < -0.3 is 20.5 Å². The van der Waals surface area contributed by atoms with Gasteiger partial charge in [-0.25, -0.2) is 4.79 Å². The number of nitrogens with one attached hydrogen (secondary N) is 1. The molecule has 1 amide bonds. The summed E-state index contributed by atoms with van der Waals surface area (Å²) in [5.41, 5.74) is 6.58. The number of carbonyl (C=O) groups excluding carboxylic acids is 2. The normalized spacial score (nSPS) is 12.3. The molecule has 0 aliphatic carbocycles. The van der Waals surface area contributed by atoms with Gasteiger partial charge in [-0.1, -0.05) is 50.0 Å². The van der Waals surface area contributed by atoms with Crippen LogP contribution in [0.25, 0.3) is 0 Å². The highest BCUT2D eigenvalue weighted by atomic mass is 28.3. The minimum absolute atomic E-state index is 0.0145. The van der Waals surface area contributed by atoms with E-state index in [-0.39, 0.29) is 13.2 Å². The first-order valence-electron chi connectivity index (χ1n) is 7.65. The van der Waals surface area contributed by atoms with Gasteiger partial charge in [0.2, 0.25) is 0 Å². The van der Waals surface area contributed by atoms with E-state index < -0.39 is 26.2 Å². The Morgan fingerprint density at radius 1 is 1.17 bits per heavy atom. The van der Waals surface area contributed by atoms with Gasteiger partial charge in [-0.3, -0.25) is 4.79 Å². The predicted molar refractivity (Wildman–Crippen MR) is 91.7 cm³/mol. The Balaban J connectivity index is 2.20. The van der Waals surface area contributed by atoms with Crippen molar-refractivity contribution < 1.29 is 19.1 Å². The number of benzene rings is 1. The Bertz CT molecular complexity index is 503. The Morgan fingerprint density at radius 2 is 1.83 bits per heavy atom. The van der Waals surface area contributed by atoms with Gasteiger partial charge in [0.1, 0.15) is 12.6 Å². The average molecular weight is 338 g/mol. The zero-order valence-electron chi connectivity index (χ0n) is 14.0. The Hall–Kier alpha value is -1.86. The summed E-state index contributed by atoms with van der Waals surface area (Å²) in [6, 6.07) is 9.32. The van der Waals surface area contributed by atoms with Gasteiger partial charge in [-0.15, -0.1) is 0 Å². The van der Waals surface area contributed by atoms with Crippen LogP contribution in [-0.4, -0.2) is 39.3 Å². The molecule has 1 atom stereocenters. The Labute approximate surface area is 138 Å². The van der Waals surface area contributed by atoms with Crippen molar-refractivity contribution in [2.45, 2.75) is 38.3 Å². The summed E-state index contributed by atoms with van der Waals surface area (Å²) in [4.78, 5) is 23.3. The van der Waals surface area contributed by atoms with E-state index in [1.165, 1.54) is 0 Å². The third kappa shape index (κ3) is 8.99. The second-order valence-corrected chi connectivity index (χ2v) is 12.1. The maximum atomic E-state index is 11.7. The first-order valence-corrected chi connectivity index (χ1v) is 11.4. The topological polar surface area (TPSA) is 90.6 Å². The van der Waals surface area contributed by atoms with Crippen molar-refractivity contribution in [3.05, 3.63) is 35.9 Å². The highest BCUT2D eigenvalue weighted by molar-refractivity contribution is 6.76. The number of hydrogen-bond donors (Lipinski definition) is 2. The Kier molecular flexibility index (Phi) is 7.77. The van der Waals surface area contributed by atoms with Crippen molar-refractivity contribution in [3.8, 4) is 0 Å². The van der Waals surface area contributed by atoms with Crippen LogP contribution in [0.4, 0.5) is 4.79 Å². The maximum absolute atomic E-state index is 11.7. The van der Waals surface area contributed by atoms with E-state index in [4.69, 9.17) is 15.2 Å². The van der Waals surface area contributed by atoms with Crippen LogP contribution in [0.2, 0.25) is 25.7 Å². The zero-order chi connectivity index (χ0) is 17.3. The molecule has 0 saturated heterocycles. The molecule has 1 aromatic rings. The molecule has 0 fully saturated rings. The molecule has 6 nitrogen and oxygen atoms in total. The molecule has 128 valence electrons. The van der Waals surface area contributed by atoms with Crippen LogP contribution in [0, 0.1) is 0 Å². The summed E-state index contributed by atoms with van der Waals surface area (Å²) < 4.78 is 10.2. The van der Waals surface area contributed by atoms with E-state index in [9.17, 15) is 9.59 Å². The minimum Gasteiger partial charge on any atom is -0.465 e. The molecule has 3 N–H and O–H groups in total. The van der Waals surface area contributed by atoms with Crippen LogP contribution < -0.4 is 11.1 Å². The molecule has 7 heteroatoms. The number of hydrogen-bond acceptors (Lipinski definition) is 5. The molecule has 0 bridgehead atoms. The number of nitrogens with two attached hydrogens (primary N) is 1. The van der Waals surface area contributed by atoms with Crippen LogP contribution in [0.3, 0.4) is 0 Å². The zero-order valence-corrected chi connectivity index (χ0v) is 15.0. The molecule has 0 saturated carbocycles. The summed E-state index contributed by atoms with van der Waals surface area (Å²) in [7, 11) is -1.25. The first kappa shape index (κ1) is 19.2. The van der Waals surface area contributed by atoms with Crippen LogP contribution >= 0.6 is 0 Å². The van der Waals surface area contributed by atoms with Crippen molar-refractivity contribution in [2.75, 3.05) is 13.2 Å². The van der Waals surface area contributed by atoms with E-state index in [0.717, 1.165) is 11.6 Å². The third-order valence-electron chi connectivity index (χ3n) is 3.08. The maximum Gasteiger partial charge on any atom is 0.407 e. The standard InChI is InChI=1S/C16H26N2O4Si/c1-23(2,3)10-9-21-15(19)14(17)11-18-16(20)22-12-13-7-5-4-6-8-13/h4-8,14H,9-12,17H2,1-3H3,(H,18,20)/t14-/m1/s1. The van der Waals surface area contributed by atoms with Gasteiger partial charge in [-0.2, -0.15) is 0 Å². The third-order valence-corrected chi connectivity index (χ3v) is 4.78. The molecule has 0 aliphatic heterocycles. The summed E-state index contributed by atoms with van der Waals surface area (Å²) in [5.74, 6) is -0.508. The van der Waals surface area contributed by atoms with E-state index in [1.54, 1.807) is 0 Å². The molecule has 1 aromatic carbocycles. The SMILES string of the molecule is C[Si](C)(C)CCOC(=O)[C@H](N)CNC(=O)OCc1ccccc1. The predicted octanol–water partition coefficient (Wildman–Crippen LogP) is 2.12. The van der Waals surface area contributed by atoms with Crippen LogP contribution in [0.1, 0.15) is 5.56 Å². The molecule has 0 unspecified atom stereocenters. The molecule has 0 aliphatic rings. The first-order chi connectivity index (χ1) is 10.8. The van der Waals surface area contributed by atoms with Crippen molar-refractivity contribution in [1.29, 1.82) is 0 Å². The van der Waals surface area contributed by atoms with Crippen LogP contribution in [-0.2, 0) is 20.9 Å². The van der Waals surface area contributed by atoms with E-state index >= 15 is 0 Å². The van der Waals surface area contributed by atoms with Gasteiger partial charge in [-0.05, 0) is 11.6 Å². The number of alkyl carbamates (subject to hydrolysis) is 1. The van der Waals surface area contributed by atoms with Crippen LogP contribution in [0.5, 0.6) is 0 Å². The second-order valence-electron chi connectivity index (χ2n) is 6.53. The van der Waals surface area contributed by atoms with Gasteiger partial charge in [0.15, 0.2) is 0 Å². The lowest BCUT2D eigenvalue weighted by atomic mass is 10.2. The van der Waals surface area contributed by atoms with Crippen molar-refractivity contribution in [1.82, 2.24) is 5.32 Å². The largest absolute Gasteiger partial charge is 0.465 e. The van der Waals surface area contributed by atoms with Crippen molar-refractivity contribution >= 4 is 20.1 Å². The summed E-state index contributed by atoms with van der Waals surface area (Å²) in [6.45, 7) is 7.13. The summed E-state index contributed by atoms with van der Waals surface area (Å²) in [5, 5.41) is 2.46. The second kappa shape index (κ2) is 9.31. The molecule has 23 heavy (non-hydrogen) atoms. The molecule has 1 rings (SSSR count). The smallest absolute Gasteiger partial charge is 0.407 e. The summed E-state index contributed by atoms with van der Waals surface area (Å²) in [6.07, 6.45) is -0.612. The van der Waals surface area contributed by atoms with Crippen molar-refractivity contribution in [2.24, 2.45) is 5.73 Å². The highest BCUT2D eigenvalue weighted by Gasteiger charge is 2.18. The fourth-order valence-electron chi connectivity index (χ4n) is 1.62. The molecular formula is C16H26N2O4Si. The molecular weight excluding hydrogens is 312 g/mol. The number of amides is 1.